The van der Waals surface area contributed by atoms with Gasteiger partial charge in [0.25, 0.3) is 29.4 Å². The number of rotatable bonds is 5. The maximum Gasteiger partial charge on any atom is 0.279 e. The number of piperazine rings is 2. The summed E-state index contributed by atoms with van der Waals surface area (Å²) in [5, 5.41) is 42.5. The second-order valence-electron chi connectivity index (χ2n) is 13.5. The Balaban J connectivity index is 1.47. The summed E-state index contributed by atoms with van der Waals surface area (Å²) in [6, 6.07) is 13.1. The summed E-state index contributed by atoms with van der Waals surface area (Å²) in [6.45, 7) is 3.09. The molecule has 8 atom stereocenters. The molecule has 2 aromatic rings. The molecule has 6 aliphatic rings. The van der Waals surface area contributed by atoms with Crippen molar-refractivity contribution in [2.75, 3.05) is 37.6 Å². The lowest BCUT2D eigenvalue weighted by molar-refractivity contribution is -0.209. The third-order valence-electron chi connectivity index (χ3n) is 11.5. The highest BCUT2D eigenvalue weighted by Gasteiger charge is 2.85. The van der Waals surface area contributed by atoms with E-state index in [9.17, 15) is 29.7 Å². The van der Waals surface area contributed by atoms with Gasteiger partial charge in [0.15, 0.2) is 4.87 Å². The highest BCUT2D eigenvalue weighted by atomic mass is 33.1. The highest BCUT2D eigenvalue weighted by molar-refractivity contribution is 8.77. The van der Waals surface area contributed by atoms with Gasteiger partial charge in [-0.25, -0.2) is 0 Å². The van der Waals surface area contributed by atoms with Crippen LogP contribution in [-0.2, 0) is 30.0 Å². The molecular formula is C33H36N6O7S2. The van der Waals surface area contributed by atoms with Gasteiger partial charge in [-0.2, -0.15) is 0 Å². The predicted molar refractivity (Wildman–Crippen MR) is 179 cm³/mol. The van der Waals surface area contributed by atoms with E-state index in [1.54, 1.807) is 37.4 Å². The van der Waals surface area contributed by atoms with Crippen LogP contribution in [0.25, 0.3) is 0 Å². The number of hydrogen-bond donors (Lipinski definition) is 5. The van der Waals surface area contributed by atoms with Gasteiger partial charge in [0.1, 0.15) is 30.2 Å². The lowest BCUT2D eigenvalue weighted by atomic mass is 9.54. The van der Waals surface area contributed by atoms with Crippen LogP contribution in [0.5, 0.6) is 0 Å². The summed E-state index contributed by atoms with van der Waals surface area (Å²) in [6.07, 6.45) is -0.684. The average molecular weight is 693 g/mol. The molecule has 5 N–H and O–H groups in total. The maximum atomic E-state index is 15.1. The standard InChI is InChI=1S/C33H36N6O7S2/c1-16(2)33(48-47-5)29(45)38-21(23(41)37(33)4)14-30(17-10-6-8-12-19(17)34-26(30)38)31-18-11-7-9-13-20(18)35-27(31)39-24(42)22(15-40)36(3)28(44)32(39,46)25(31)43/h6-14,16,22,25-27,34-35,40,43,46H,15H2,1-5H3. The summed E-state index contributed by atoms with van der Waals surface area (Å²) >= 11 is 0. The molecule has 0 radical (unpaired) electrons. The molecule has 48 heavy (non-hydrogen) atoms. The SMILES string of the molecule is CSSC1(C(C)C)C(=O)N2C(=CC3(C45c6ccccc6NC4N4C(=O)C(CO)N(C)C(=O)C4(O)C5O)c4ccccc4NC23)C(=O)N1C. The molecule has 8 rings (SSSR count). The number of para-hydroxylation sites is 2. The van der Waals surface area contributed by atoms with E-state index in [-0.39, 0.29) is 17.5 Å². The van der Waals surface area contributed by atoms with Crippen LogP contribution in [0.2, 0.25) is 0 Å². The molecule has 0 aromatic heterocycles. The quantitative estimate of drug-likeness (QED) is 0.280. The summed E-state index contributed by atoms with van der Waals surface area (Å²) < 4.78 is 0. The minimum Gasteiger partial charge on any atom is -0.394 e. The summed E-state index contributed by atoms with van der Waals surface area (Å²) in [5.41, 5.74) is -3.65. The van der Waals surface area contributed by atoms with Gasteiger partial charge in [-0.1, -0.05) is 71.8 Å². The van der Waals surface area contributed by atoms with Crippen LogP contribution in [0.15, 0.2) is 60.3 Å². The minimum atomic E-state index is -2.76. The van der Waals surface area contributed by atoms with Gasteiger partial charge in [0.2, 0.25) is 0 Å². The third-order valence-corrected chi connectivity index (χ3v) is 14.1. The van der Waals surface area contributed by atoms with Crippen molar-refractivity contribution in [1.29, 1.82) is 0 Å². The van der Waals surface area contributed by atoms with Crippen molar-refractivity contribution in [2.45, 2.75) is 59.8 Å². The number of likely N-dealkylation sites (N-methyl/N-ethyl adjacent to an activating group) is 2. The minimum absolute atomic E-state index is 0.0945. The average Bonchev–Trinajstić information content (AvgIpc) is 3.74. The first-order valence-corrected chi connectivity index (χ1v) is 18.3. The molecule has 15 heteroatoms. The molecule has 0 spiro atoms. The van der Waals surface area contributed by atoms with Crippen LogP contribution in [-0.4, -0.2) is 121 Å². The fourth-order valence-electron chi connectivity index (χ4n) is 9.48. The Morgan fingerprint density at radius 2 is 1.52 bits per heavy atom. The van der Waals surface area contributed by atoms with Gasteiger partial charge in [-0.05, 0) is 41.5 Å². The summed E-state index contributed by atoms with van der Waals surface area (Å²) in [4.78, 5) is 61.6. The number of nitrogens with zero attached hydrogens (tertiary/aromatic N) is 4. The molecule has 6 aliphatic heterocycles. The van der Waals surface area contributed by atoms with E-state index in [4.69, 9.17) is 0 Å². The first kappa shape index (κ1) is 31.5. The largest absolute Gasteiger partial charge is 0.394 e. The van der Waals surface area contributed by atoms with Crippen molar-refractivity contribution in [3.05, 3.63) is 71.4 Å². The van der Waals surface area contributed by atoms with Crippen molar-refractivity contribution >= 4 is 56.6 Å². The zero-order valence-corrected chi connectivity index (χ0v) is 28.5. The fraction of sp³-hybridized carbons (Fsp3) is 0.455. The molecule has 6 heterocycles. The van der Waals surface area contributed by atoms with Gasteiger partial charge < -0.3 is 35.8 Å². The van der Waals surface area contributed by atoms with Crippen LogP contribution >= 0.6 is 21.6 Å². The Bertz CT molecular complexity index is 1860. The van der Waals surface area contributed by atoms with E-state index < -0.39 is 70.2 Å². The molecule has 0 aliphatic carbocycles. The van der Waals surface area contributed by atoms with Gasteiger partial charge in [0, 0.05) is 25.5 Å². The Morgan fingerprint density at radius 3 is 2.15 bits per heavy atom. The first-order valence-electron chi connectivity index (χ1n) is 15.7. The van der Waals surface area contributed by atoms with Gasteiger partial charge in [0.05, 0.1) is 17.4 Å². The number of anilines is 2. The smallest absolute Gasteiger partial charge is 0.279 e. The molecule has 8 unspecified atom stereocenters. The van der Waals surface area contributed by atoms with E-state index >= 15 is 4.79 Å². The van der Waals surface area contributed by atoms with E-state index in [0.717, 1.165) is 9.80 Å². The van der Waals surface area contributed by atoms with Crippen LogP contribution < -0.4 is 10.6 Å². The van der Waals surface area contributed by atoms with Crippen LogP contribution in [0.4, 0.5) is 11.4 Å². The number of hydrogen-bond acceptors (Lipinski definition) is 11. The van der Waals surface area contributed by atoms with E-state index in [0.29, 0.717) is 22.5 Å². The molecule has 3 fully saturated rings. The maximum absolute atomic E-state index is 15.1. The van der Waals surface area contributed by atoms with Crippen molar-refractivity contribution in [2.24, 2.45) is 5.92 Å². The molecule has 252 valence electrons. The Labute approximate surface area is 284 Å². The zero-order valence-electron chi connectivity index (χ0n) is 26.9. The number of nitrogens with one attached hydrogen (secondary N) is 2. The number of amides is 4. The molecule has 13 nitrogen and oxygen atoms in total. The lowest BCUT2D eigenvalue weighted by Crippen LogP contribution is -2.73. The van der Waals surface area contributed by atoms with Crippen molar-refractivity contribution in [1.82, 2.24) is 19.6 Å². The van der Waals surface area contributed by atoms with Crippen molar-refractivity contribution in [3.63, 3.8) is 0 Å². The second kappa shape index (κ2) is 9.91. The van der Waals surface area contributed by atoms with Crippen LogP contribution in [0.1, 0.15) is 25.0 Å². The topological polar surface area (TPSA) is 166 Å². The number of carbonyl (C=O) groups is 4. The van der Waals surface area contributed by atoms with Crippen molar-refractivity contribution in [3.8, 4) is 0 Å². The molecule has 3 saturated heterocycles. The number of aliphatic hydroxyl groups is 3. The normalized spacial score (nSPS) is 37.6. The van der Waals surface area contributed by atoms with Gasteiger partial charge in [-0.3, -0.25) is 29.0 Å². The summed E-state index contributed by atoms with van der Waals surface area (Å²) in [7, 11) is 5.60. The Morgan fingerprint density at radius 1 is 0.917 bits per heavy atom. The predicted octanol–water partition coefficient (Wildman–Crippen LogP) is 0.652. The Hall–Kier alpha value is -3.76. The number of fused-ring (bicyclic) bond motifs is 11. The number of aliphatic hydroxyl groups excluding tert-OH is 2. The monoisotopic (exact) mass is 692 g/mol. The van der Waals surface area contributed by atoms with E-state index in [1.165, 1.54) is 38.4 Å². The first-order chi connectivity index (χ1) is 22.8. The summed E-state index contributed by atoms with van der Waals surface area (Å²) in [5.74, 6) is -2.75. The van der Waals surface area contributed by atoms with E-state index in [1.807, 2.05) is 44.4 Å². The van der Waals surface area contributed by atoms with Gasteiger partial charge in [-0.15, -0.1) is 0 Å². The van der Waals surface area contributed by atoms with E-state index in [2.05, 4.69) is 10.6 Å². The zero-order chi connectivity index (χ0) is 34.3. The molecular weight excluding hydrogens is 657 g/mol. The number of benzene rings is 2. The number of carbonyl (C=O) groups excluding carboxylic acids is 4. The third kappa shape index (κ3) is 3.10. The van der Waals surface area contributed by atoms with Crippen LogP contribution in [0, 0.1) is 5.92 Å². The molecule has 4 amide bonds. The van der Waals surface area contributed by atoms with Crippen molar-refractivity contribution < 1.29 is 34.5 Å². The fourth-order valence-corrected chi connectivity index (χ4v) is 12.2. The highest BCUT2D eigenvalue weighted by Crippen LogP contribution is 2.70. The molecule has 0 bridgehead atoms. The van der Waals surface area contributed by atoms with Crippen LogP contribution in [0.3, 0.4) is 0 Å². The molecule has 2 aromatic carbocycles. The lowest BCUT2D eigenvalue weighted by Gasteiger charge is -2.52. The molecule has 0 saturated carbocycles. The van der Waals surface area contributed by atoms with Gasteiger partial charge >= 0.3 is 0 Å². The second-order valence-corrected chi connectivity index (χ2v) is 16.2. The Kier molecular flexibility index (Phi) is 6.50.